The fourth-order valence-electron chi connectivity index (χ4n) is 4.74. The fraction of sp³-hybridized carbons (Fsp3) is 0.308. The van der Waals surface area contributed by atoms with E-state index in [4.69, 9.17) is 11.6 Å². The maximum atomic E-state index is 12.4. The van der Waals surface area contributed by atoms with Gasteiger partial charge in [-0.1, -0.05) is 36.2 Å². The summed E-state index contributed by atoms with van der Waals surface area (Å²) in [7, 11) is 0. The van der Waals surface area contributed by atoms with Crippen molar-refractivity contribution in [1.29, 1.82) is 0 Å². The summed E-state index contributed by atoms with van der Waals surface area (Å²) in [4.78, 5) is 32.1. The van der Waals surface area contributed by atoms with Gasteiger partial charge < -0.3 is 4.98 Å². The minimum Gasteiger partial charge on any atom is -0.361 e. The molecule has 0 saturated carbocycles. The summed E-state index contributed by atoms with van der Waals surface area (Å²) in [5.41, 5.74) is 4.81. The molecule has 3 heterocycles. The van der Waals surface area contributed by atoms with Crippen molar-refractivity contribution in [3.63, 3.8) is 0 Å². The third-order valence-electron chi connectivity index (χ3n) is 6.52. The Morgan fingerprint density at radius 2 is 1.66 bits per heavy atom. The molecule has 3 aromatic rings. The SMILES string of the molecule is O=C1c2ccccc2C(=O)N1CCCCCN1CC=C(c2c[nH]c3ccc(Cl)cc23)CC1. The van der Waals surface area contributed by atoms with Crippen LogP contribution in [-0.4, -0.2) is 52.8 Å². The lowest BCUT2D eigenvalue weighted by Gasteiger charge is -2.26. The molecule has 32 heavy (non-hydrogen) atoms. The van der Waals surface area contributed by atoms with Gasteiger partial charge in [-0.25, -0.2) is 0 Å². The number of H-pyrrole nitrogens is 1. The third kappa shape index (κ3) is 3.98. The van der Waals surface area contributed by atoms with Gasteiger partial charge in [0.1, 0.15) is 0 Å². The van der Waals surface area contributed by atoms with Crippen LogP contribution in [0.4, 0.5) is 0 Å². The van der Waals surface area contributed by atoms with Crippen molar-refractivity contribution in [3.8, 4) is 0 Å². The van der Waals surface area contributed by atoms with Gasteiger partial charge in [0, 0.05) is 47.3 Å². The largest absolute Gasteiger partial charge is 0.361 e. The first-order chi connectivity index (χ1) is 15.6. The number of hydrogen-bond donors (Lipinski definition) is 1. The Labute approximate surface area is 192 Å². The van der Waals surface area contributed by atoms with E-state index in [0.29, 0.717) is 17.7 Å². The molecule has 0 radical (unpaired) electrons. The van der Waals surface area contributed by atoms with Crippen molar-refractivity contribution < 1.29 is 9.59 Å². The molecule has 0 fully saturated rings. The van der Waals surface area contributed by atoms with E-state index in [1.54, 1.807) is 24.3 Å². The zero-order chi connectivity index (χ0) is 22.1. The number of unbranched alkanes of at least 4 members (excludes halogenated alkanes) is 2. The topological polar surface area (TPSA) is 56.4 Å². The van der Waals surface area contributed by atoms with Crippen LogP contribution in [0.3, 0.4) is 0 Å². The van der Waals surface area contributed by atoms with Crippen LogP contribution < -0.4 is 0 Å². The maximum Gasteiger partial charge on any atom is 0.261 e. The number of aromatic nitrogens is 1. The van der Waals surface area contributed by atoms with Gasteiger partial charge >= 0.3 is 0 Å². The van der Waals surface area contributed by atoms with Gasteiger partial charge in [-0.2, -0.15) is 0 Å². The van der Waals surface area contributed by atoms with Gasteiger partial charge in [-0.15, -0.1) is 0 Å². The Morgan fingerprint density at radius 3 is 2.38 bits per heavy atom. The summed E-state index contributed by atoms with van der Waals surface area (Å²) in [5.74, 6) is -0.310. The van der Waals surface area contributed by atoms with E-state index in [1.807, 2.05) is 18.2 Å². The number of aromatic amines is 1. The number of hydrogen-bond acceptors (Lipinski definition) is 3. The molecule has 2 amide bonds. The first-order valence-electron chi connectivity index (χ1n) is 11.3. The molecule has 0 saturated heterocycles. The third-order valence-corrected chi connectivity index (χ3v) is 6.75. The lowest BCUT2D eigenvalue weighted by Crippen LogP contribution is -2.31. The predicted molar refractivity (Wildman–Crippen MR) is 128 cm³/mol. The Balaban J connectivity index is 1.08. The van der Waals surface area contributed by atoms with Crippen LogP contribution in [0.1, 0.15) is 52.0 Å². The number of nitrogens with one attached hydrogen (secondary N) is 1. The molecule has 0 unspecified atom stereocenters. The molecule has 2 aliphatic heterocycles. The number of halogens is 1. The summed E-state index contributed by atoms with van der Waals surface area (Å²) < 4.78 is 0. The van der Waals surface area contributed by atoms with Crippen molar-refractivity contribution >= 4 is 39.9 Å². The molecule has 2 aliphatic rings. The molecule has 0 bridgehead atoms. The number of benzene rings is 2. The number of nitrogens with zero attached hydrogens (tertiary/aromatic N) is 2. The zero-order valence-electron chi connectivity index (χ0n) is 17.9. The molecule has 5 rings (SSSR count). The molecule has 1 aromatic heterocycles. The molecule has 0 atom stereocenters. The second kappa shape index (κ2) is 8.93. The minimum atomic E-state index is -0.155. The van der Waals surface area contributed by atoms with Crippen LogP contribution in [0.5, 0.6) is 0 Å². The highest BCUT2D eigenvalue weighted by Crippen LogP contribution is 2.31. The number of carbonyl (C=O) groups is 2. The van der Waals surface area contributed by atoms with Crippen molar-refractivity contribution in [3.05, 3.63) is 76.5 Å². The van der Waals surface area contributed by atoms with Gasteiger partial charge in [0.2, 0.25) is 0 Å². The first kappa shape index (κ1) is 21.0. The van der Waals surface area contributed by atoms with Crippen LogP contribution in [0.2, 0.25) is 5.02 Å². The van der Waals surface area contributed by atoms with Gasteiger partial charge in [0.25, 0.3) is 11.8 Å². The van der Waals surface area contributed by atoms with Gasteiger partial charge in [0.15, 0.2) is 0 Å². The van der Waals surface area contributed by atoms with Gasteiger partial charge in [0.05, 0.1) is 11.1 Å². The standard InChI is InChI=1S/C26H26ClN3O2/c27-19-8-9-24-22(16-19)23(17-28-24)18-10-14-29(15-11-18)12-4-1-5-13-30-25(31)20-6-2-3-7-21(20)26(30)32/h2-3,6-10,16-17,28H,1,4-5,11-15H2. The number of rotatable bonds is 7. The van der Waals surface area contributed by atoms with Gasteiger partial charge in [-0.05, 0) is 61.7 Å². The summed E-state index contributed by atoms with van der Waals surface area (Å²) in [6.07, 6.45) is 8.34. The van der Waals surface area contributed by atoms with E-state index >= 15 is 0 Å². The number of imide groups is 1. The summed E-state index contributed by atoms with van der Waals surface area (Å²) in [6, 6.07) is 13.1. The molecular weight excluding hydrogens is 422 g/mol. The lowest BCUT2D eigenvalue weighted by molar-refractivity contribution is 0.0651. The van der Waals surface area contributed by atoms with Crippen LogP contribution in [-0.2, 0) is 0 Å². The molecule has 0 spiro atoms. The summed E-state index contributed by atoms with van der Waals surface area (Å²) in [5, 5.41) is 1.95. The van der Waals surface area contributed by atoms with E-state index < -0.39 is 0 Å². The van der Waals surface area contributed by atoms with Crippen LogP contribution >= 0.6 is 11.6 Å². The Bertz CT molecular complexity index is 1180. The molecule has 6 heteroatoms. The average molecular weight is 448 g/mol. The van der Waals surface area contributed by atoms with Crippen LogP contribution in [0.15, 0.2) is 54.7 Å². The highest BCUT2D eigenvalue weighted by atomic mass is 35.5. The molecule has 164 valence electrons. The second-order valence-corrected chi connectivity index (χ2v) is 8.98. The molecule has 2 aromatic carbocycles. The van der Waals surface area contributed by atoms with Crippen molar-refractivity contribution in [2.45, 2.75) is 25.7 Å². The fourth-order valence-corrected chi connectivity index (χ4v) is 4.91. The molecule has 5 nitrogen and oxygen atoms in total. The van der Waals surface area contributed by atoms with Crippen LogP contribution in [0.25, 0.3) is 16.5 Å². The molecular formula is C26H26ClN3O2. The minimum absolute atomic E-state index is 0.155. The Morgan fingerprint density at radius 1 is 0.906 bits per heavy atom. The van der Waals surface area contributed by atoms with Crippen LogP contribution in [0, 0.1) is 0 Å². The highest BCUT2D eigenvalue weighted by molar-refractivity contribution is 6.31. The highest BCUT2D eigenvalue weighted by Gasteiger charge is 2.34. The summed E-state index contributed by atoms with van der Waals surface area (Å²) >= 11 is 6.19. The molecule has 0 aliphatic carbocycles. The van der Waals surface area contributed by atoms with E-state index in [2.05, 4.69) is 22.2 Å². The van der Waals surface area contributed by atoms with E-state index in [-0.39, 0.29) is 11.8 Å². The Hall–Kier alpha value is -2.89. The second-order valence-electron chi connectivity index (χ2n) is 8.54. The average Bonchev–Trinajstić information content (AvgIpc) is 3.33. The zero-order valence-corrected chi connectivity index (χ0v) is 18.7. The van der Waals surface area contributed by atoms with E-state index in [1.165, 1.54) is 21.4 Å². The predicted octanol–water partition coefficient (Wildman–Crippen LogP) is 5.38. The van der Waals surface area contributed by atoms with Crippen molar-refractivity contribution in [2.75, 3.05) is 26.2 Å². The van der Waals surface area contributed by atoms with Crippen molar-refractivity contribution in [2.24, 2.45) is 0 Å². The maximum absolute atomic E-state index is 12.4. The molecule has 1 N–H and O–H groups in total. The quantitative estimate of drug-likeness (QED) is 0.391. The number of carbonyl (C=O) groups excluding carboxylic acids is 2. The van der Waals surface area contributed by atoms with E-state index in [9.17, 15) is 9.59 Å². The monoisotopic (exact) mass is 447 g/mol. The lowest BCUT2D eigenvalue weighted by atomic mass is 9.99. The Kier molecular flexibility index (Phi) is 5.85. The van der Waals surface area contributed by atoms with E-state index in [0.717, 1.165) is 55.9 Å². The van der Waals surface area contributed by atoms with Crippen molar-refractivity contribution in [1.82, 2.24) is 14.8 Å². The smallest absolute Gasteiger partial charge is 0.261 e. The number of fused-ring (bicyclic) bond motifs is 2. The first-order valence-corrected chi connectivity index (χ1v) is 11.6. The van der Waals surface area contributed by atoms with Gasteiger partial charge in [-0.3, -0.25) is 19.4 Å². The normalized spacial score (nSPS) is 16.7. The summed E-state index contributed by atoms with van der Waals surface area (Å²) in [6.45, 7) is 3.52. The number of amides is 2.